The molecule has 2 aromatic heterocycles. The van der Waals surface area contributed by atoms with Crippen LogP contribution in [0.5, 0.6) is 0 Å². The van der Waals surface area contributed by atoms with Crippen LogP contribution in [0, 0.1) is 13.8 Å². The molecule has 5 nitrogen and oxygen atoms in total. The Bertz CT molecular complexity index is 917. The van der Waals surface area contributed by atoms with E-state index in [-0.39, 0.29) is 5.91 Å². The number of aryl methyl sites for hydroxylation is 3. The molecule has 0 saturated carbocycles. The number of rotatable bonds is 5. The maximum Gasteiger partial charge on any atom is 0.262 e. The summed E-state index contributed by atoms with van der Waals surface area (Å²) in [5.41, 5.74) is 3.51. The molecule has 0 bridgehead atoms. The molecule has 7 heteroatoms. The number of amides is 1. The zero-order valence-electron chi connectivity index (χ0n) is 14.2. The summed E-state index contributed by atoms with van der Waals surface area (Å²) in [7, 11) is 0. The number of carbonyl (C=O) groups excluding carboxylic acids is 1. The molecular weight excluding hydrogens is 402 g/mol. The summed E-state index contributed by atoms with van der Waals surface area (Å²) in [6.45, 7) is 5.76. The van der Waals surface area contributed by atoms with E-state index in [1.54, 1.807) is 13.1 Å². The lowest BCUT2D eigenvalue weighted by atomic mass is 10.1. The third kappa shape index (κ3) is 3.99. The molecular formula is C18H18BrN3O2S. The second kappa shape index (κ2) is 7.49. The fourth-order valence-corrected chi connectivity index (χ4v) is 3.66. The standard InChI is InChI=1S/C18H18BrN3O2S/c1-4-15-16(11(3)22-24-15)17(23)21-18-20-9-13(25-18)8-12-5-6-14(19)10(2)7-12/h5-7,9H,4,8H2,1-3H3,(H,20,21,23). The highest BCUT2D eigenvalue weighted by atomic mass is 79.9. The second-order valence-electron chi connectivity index (χ2n) is 5.77. The summed E-state index contributed by atoms with van der Waals surface area (Å²) in [5.74, 6) is 0.369. The number of carbonyl (C=O) groups is 1. The van der Waals surface area contributed by atoms with Crippen molar-refractivity contribution in [2.75, 3.05) is 5.32 Å². The molecule has 130 valence electrons. The number of hydrogen-bond acceptors (Lipinski definition) is 5. The van der Waals surface area contributed by atoms with Crippen LogP contribution in [0.3, 0.4) is 0 Å². The first-order valence-corrected chi connectivity index (χ1v) is 9.55. The van der Waals surface area contributed by atoms with Crippen molar-refractivity contribution >= 4 is 38.3 Å². The van der Waals surface area contributed by atoms with Crippen LogP contribution in [0.15, 0.2) is 33.4 Å². The van der Waals surface area contributed by atoms with Crippen LogP contribution in [-0.4, -0.2) is 16.0 Å². The quantitative estimate of drug-likeness (QED) is 0.637. The van der Waals surface area contributed by atoms with Crippen molar-refractivity contribution < 1.29 is 9.32 Å². The molecule has 0 unspecified atom stereocenters. The molecule has 0 aliphatic heterocycles. The summed E-state index contributed by atoms with van der Waals surface area (Å²) >= 11 is 4.99. The SMILES string of the molecule is CCc1onc(C)c1C(=O)Nc1ncc(Cc2ccc(Br)c(C)c2)s1. The van der Waals surface area contributed by atoms with Crippen LogP contribution in [0.25, 0.3) is 0 Å². The fourth-order valence-electron chi connectivity index (χ4n) is 2.57. The van der Waals surface area contributed by atoms with E-state index in [1.165, 1.54) is 22.5 Å². The van der Waals surface area contributed by atoms with Gasteiger partial charge in [0, 0.05) is 28.4 Å². The van der Waals surface area contributed by atoms with Crippen LogP contribution in [-0.2, 0) is 12.8 Å². The van der Waals surface area contributed by atoms with Crippen molar-refractivity contribution in [2.24, 2.45) is 0 Å². The van der Waals surface area contributed by atoms with Gasteiger partial charge in [0.1, 0.15) is 11.3 Å². The Kier molecular flexibility index (Phi) is 5.34. The normalized spacial score (nSPS) is 10.9. The average molecular weight is 420 g/mol. The summed E-state index contributed by atoms with van der Waals surface area (Å²) in [6.07, 6.45) is 3.21. The van der Waals surface area contributed by atoms with Gasteiger partial charge in [-0.25, -0.2) is 4.98 Å². The van der Waals surface area contributed by atoms with Crippen molar-refractivity contribution in [3.05, 3.63) is 61.9 Å². The highest BCUT2D eigenvalue weighted by Gasteiger charge is 2.20. The molecule has 25 heavy (non-hydrogen) atoms. The lowest BCUT2D eigenvalue weighted by Crippen LogP contribution is -2.13. The smallest absolute Gasteiger partial charge is 0.262 e. The number of nitrogens with one attached hydrogen (secondary N) is 1. The minimum atomic E-state index is -0.226. The van der Waals surface area contributed by atoms with Crippen LogP contribution >= 0.6 is 27.3 Å². The Labute approximate surface area is 158 Å². The van der Waals surface area contributed by atoms with E-state index in [2.05, 4.69) is 56.5 Å². The predicted molar refractivity (Wildman–Crippen MR) is 102 cm³/mol. The number of benzene rings is 1. The summed E-state index contributed by atoms with van der Waals surface area (Å²) < 4.78 is 6.28. The Morgan fingerprint density at radius 2 is 2.16 bits per heavy atom. The molecule has 0 atom stereocenters. The van der Waals surface area contributed by atoms with Crippen LogP contribution in [0.1, 0.15) is 44.7 Å². The van der Waals surface area contributed by atoms with Gasteiger partial charge in [0.2, 0.25) is 0 Å². The number of thiazole rings is 1. The van der Waals surface area contributed by atoms with Gasteiger partial charge in [0.25, 0.3) is 5.91 Å². The van der Waals surface area contributed by atoms with Crippen molar-refractivity contribution in [3.63, 3.8) is 0 Å². The van der Waals surface area contributed by atoms with E-state index in [0.717, 1.165) is 15.8 Å². The second-order valence-corrected chi connectivity index (χ2v) is 7.74. The van der Waals surface area contributed by atoms with Gasteiger partial charge in [-0.15, -0.1) is 11.3 Å². The lowest BCUT2D eigenvalue weighted by Gasteiger charge is -2.03. The Hall–Kier alpha value is -1.99. The topological polar surface area (TPSA) is 68.0 Å². The van der Waals surface area contributed by atoms with Crippen LogP contribution in [0.2, 0.25) is 0 Å². The first-order valence-electron chi connectivity index (χ1n) is 7.94. The molecule has 0 spiro atoms. The van der Waals surface area contributed by atoms with Crippen molar-refractivity contribution in [1.29, 1.82) is 0 Å². The van der Waals surface area contributed by atoms with Gasteiger partial charge in [0.05, 0.1) is 5.69 Å². The van der Waals surface area contributed by atoms with Gasteiger partial charge in [0.15, 0.2) is 5.13 Å². The minimum absolute atomic E-state index is 0.226. The number of halogens is 1. The predicted octanol–water partition coefficient (Wildman–Crippen LogP) is 4.92. The highest BCUT2D eigenvalue weighted by molar-refractivity contribution is 9.10. The number of aromatic nitrogens is 2. The van der Waals surface area contributed by atoms with Crippen LogP contribution in [0.4, 0.5) is 5.13 Å². The van der Waals surface area contributed by atoms with Gasteiger partial charge < -0.3 is 4.52 Å². The largest absolute Gasteiger partial charge is 0.360 e. The van der Waals surface area contributed by atoms with Crippen molar-refractivity contribution in [1.82, 2.24) is 10.1 Å². The maximum absolute atomic E-state index is 12.5. The minimum Gasteiger partial charge on any atom is -0.360 e. The van der Waals surface area contributed by atoms with Crippen LogP contribution < -0.4 is 5.32 Å². The Morgan fingerprint density at radius 3 is 2.88 bits per heavy atom. The summed E-state index contributed by atoms with van der Waals surface area (Å²) in [4.78, 5) is 17.9. The Balaban J connectivity index is 1.72. The van der Waals surface area contributed by atoms with E-state index in [0.29, 0.717) is 28.6 Å². The summed E-state index contributed by atoms with van der Waals surface area (Å²) in [6, 6.07) is 6.29. The zero-order chi connectivity index (χ0) is 18.0. The highest BCUT2D eigenvalue weighted by Crippen LogP contribution is 2.25. The third-order valence-corrected chi connectivity index (χ3v) is 5.66. The molecule has 0 aliphatic rings. The van der Waals surface area contributed by atoms with E-state index in [9.17, 15) is 4.79 Å². The molecule has 0 radical (unpaired) electrons. The van der Waals surface area contributed by atoms with Crippen molar-refractivity contribution in [3.8, 4) is 0 Å². The van der Waals surface area contributed by atoms with Gasteiger partial charge in [-0.1, -0.05) is 40.1 Å². The molecule has 0 saturated heterocycles. The lowest BCUT2D eigenvalue weighted by molar-refractivity contribution is 0.102. The average Bonchev–Trinajstić information content (AvgIpc) is 3.17. The molecule has 2 heterocycles. The van der Waals surface area contributed by atoms with E-state index >= 15 is 0 Å². The fraction of sp³-hybridized carbons (Fsp3) is 0.278. The molecule has 3 aromatic rings. The van der Waals surface area contributed by atoms with E-state index in [4.69, 9.17) is 4.52 Å². The molecule has 1 N–H and O–H groups in total. The first kappa shape index (κ1) is 17.8. The number of nitrogens with zero attached hydrogens (tertiary/aromatic N) is 2. The van der Waals surface area contributed by atoms with Crippen molar-refractivity contribution in [2.45, 2.75) is 33.6 Å². The third-order valence-electron chi connectivity index (χ3n) is 3.86. The van der Waals surface area contributed by atoms with Gasteiger partial charge in [-0.3, -0.25) is 10.1 Å². The summed E-state index contributed by atoms with van der Waals surface area (Å²) in [5, 5.41) is 7.30. The van der Waals surface area contributed by atoms with Gasteiger partial charge >= 0.3 is 0 Å². The number of anilines is 1. The first-order chi connectivity index (χ1) is 12.0. The van der Waals surface area contributed by atoms with E-state index in [1.807, 2.05) is 6.92 Å². The molecule has 1 aromatic carbocycles. The molecule has 1 amide bonds. The zero-order valence-corrected chi connectivity index (χ0v) is 16.6. The number of hydrogen-bond donors (Lipinski definition) is 1. The molecule has 3 rings (SSSR count). The molecule has 0 aliphatic carbocycles. The van der Waals surface area contributed by atoms with Gasteiger partial charge in [-0.2, -0.15) is 0 Å². The monoisotopic (exact) mass is 419 g/mol. The van der Waals surface area contributed by atoms with E-state index < -0.39 is 0 Å². The molecule has 0 fully saturated rings. The maximum atomic E-state index is 12.5. The Morgan fingerprint density at radius 1 is 1.36 bits per heavy atom. The van der Waals surface area contributed by atoms with Gasteiger partial charge in [-0.05, 0) is 31.0 Å².